The van der Waals surface area contributed by atoms with Crippen molar-refractivity contribution in [2.45, 2.75) is 6.92 Å². The van der Waals surface area contributed by atoms with Gasteiger partial charge < -0.3 is 0 Å². The highest BCUT2D eigenvalue weighted by Gasteiger charge is 1.89. The van der Waals surface area contributed by atoms with E-state index in [1.807, 2.05) is 6.07 Å². The van der Waals surface area contributed by atoms with E-state index in [1.165, 1.54) is 0 Å². The van der Waals surface area contributed by atoms with Crippen LogP contribution in [0, 0.1) is 29.2 Å². The van der Waals surface area contributed by atoms with Crippen molar-refractivity contribution < 1.29 is 0 Å². The standard InChI is InChI=1S/C10H6N/c1-2-4-9-5-3-6-10(7-9)8-11/h5-7H,1H3. The van der Waals surface area contributed by atoms with Gasteiger partial charge in [0.05, 0.1) is 11.6 Å². The van der Waals surface area contributed by atoms with Crippen molar-refractivity contribution in [3.63, 3.8) is 0 Å². The molecule has 0 spiro atoms. The van der Waals surface area contributed by atoms with E-state index in [9.17, 15) is 0 Å². The van der Waals surface area contributed by atoms with Gasteiger partial charge in [0.2, 0.25) is 0 Å². The van der Waals surface area contributed by atoms with Crippen molar-refractivity contribution in [3.05, 3.63) is 35.4 Å². The molecule has 1 heteroatoms. The molecule has 1 nitrogen and oxygen atoms in total. The molecule has 0 bridgehead atoms. The second-order valence-electron chi connectivity index (χ2n) is 2.00. The lowest BCUT2D eigenvalue weighted by Crippen LogP contribution is -1.76. The molecule has 0 aliphatic carbocycles. The lowest BCUT2D eigenvalue weighted by atomic mass is 10.1. The molecule has 0 unspecified atom stereocenters. The normalized spacial score (nSPS) is 7.64. The third-order valence-corrected chi connectivity index (χ3v) is 1.19. The first kappa shape index (κ1) is 7.38. The Morgan fingerprint density at radius 2 is 2.09 bits per heavy atom. The fourth-order valence-corrected chi connectivity index (χ4v) is 0.753. The molecule has 51 valence electrons. The smallest absolute Gasteiger partial charge is 0.0992 e. The zero-order valence-electron chi connectivity index (χ0n) is 6.18. The van der Waals surface area contributed by atoms with Gasteiger partial charge in [0.25, 0.3) is 0 Å². The summed E-state index contributed by atoms with van der Waals surface area (Å²) in [6.45, 7) is 1.76. The van der Waals surface area contributed by atoms with Crippen LogP contribution in [0.15, 0.2) is 18.2 Å². The van der Waals surface area contributed by atoms with Crippen molar-refractivity contribution in [2.75, 3.05) is 0 Å². The molecule has 1 aromatic rings. The number of rotatable bonds is 0. The Labute approximate surface area is 66.3 Å². The Kier molecular flexibility index (Phi) is 2.31. The minimum absolute atomic E-state index is 0.602. The first-order chi connectivity index (χ1) is 5.36. The molecular weight excluding hydrogens is 134 g/mol. The van der Waals surface area contributed by atoms with Gasteiger partial charge in [-0.3, -0.25) is 0 Å². The van der Waals surface area contributed by atoms with Gasteiger partial charge in [-0.1, -0.05) is 5.92 Å². The van der Waals surface area contributed by atoms with E-state index >= 15 is 0 Å². The lowest BCUT2D eigenvalue weighted by Gasteiger charge is -1.88. The van der Waals surface area contributed by atoms with Crippen LogP contribution in [0.3, 0.4) is 0 Å². The Hall–Kier alpha value is -1.73. The monoisotopic (exact) mass is 140 g/mol. The molecule has 0 aliphatic heterocycles. The van der Waals surface area contributed by atoms with Crippen LogP contribution in [0.1, 0.15) is 18.1 Å². The van der Waals surface area contributed by atoms with E-state index in [4.69, 9.17) is 5.26 Å². The molecule has 1 aromatic carbocycles. The zero-order chi connectivity index (χ0) is 8.10. The van der Waals surface area contributed by atoms with Gasteiger partial charge >= 0.3 is 0 Å². The molecule has 0 N–H and O–H groups in total. The molecule has 11 heavy (non-hydrogen) atoms. The maximum absolute atomic E-state index is 8.51. The molecule has 0 saturated carbocycles. The first-order valence-corrected chi connectivity index (χ1v) is 3.21. The van der Waals surface area contributed by atoms with Crippen LogP contribution in [-0.2, 0) is 0 Å². The van der Waals surface area contributed by atoms with Gasteiger partial charge in [0.1, 0.15) is 0 Å². The fraction of sp³-hybridized carbons (Fsp3) is 0.100. The van der Waals surface area contributed by atoms with E-state index in [1.54, 1.807) is 25.1 Å². The van der Waals surface area contributed by atoms with Gasteiger partial charge in [-0.2, -0.15) is 5.26 Å². The summed E-state index contributed by atoms with van der Waals surface area (Å²) >= 11 is 0. The second-order valence-corrected chi connectivity index (χ2v) is 2.00. The van der Waals surface area contributed by atoms with Crippen LogP contribution >= 0.6 is 0 Å². The maximum Gasteiger partial charge on any atom is 0.0992 e. The van der Waals surface area contributed by atoms with Crippen molar-refractivity contribution in [3.8, 4) is 17.9 Å². The van der Waals surface area contributed by atoms with E-state index in [2.05, 4.69) is 17.9 Å². The van der Waals surface area contributed by atoms with Crippen LogP contribution < -0.4 is 0 Å². The number of hydrogen-bond donors (Lipinski definition) is 0. The number of hydrogen-bond acceptors (Lipinski definition) is 1. The van der Waals surface area contributed by atoms with Gasteiger partial charge in [0, 0.05) is 5.56 Å². The molecule has 1 rings (SSSR count). The van der Waals surface area contributed by atoms with E-state index in [-0.39, 0.29) is 0 Å². The molecule has 0 aromatic heterocycles. The van der Waals surface area contributed by atoms with Gasteiger partial charge in [-0.25, -0.2) is 0 Å². The molecule has 1 radical (unpaired) electrons. The first-order valence-electron chi connectivity index (χ1n) is 3.21. The van der Waals surface area contributed by atoms with Crippen LogP contribution in [0.4, 0.5) is 0 Å². The highest BCUT2D eigenvalue weighted by atomic mass is 14.2. The fourth-order valence-electron chi connectivity index (χ4n) is 0.753. The minimum atomic E-state index is 0.602. The summed E-state index contributed by atoms with van der Waals surface area (Å²) in [4.78, 5) is 0. The molecule has 0 atom stereocenters. The van der Waals surface area contributed by atoms with Gasteiger partial charge in [-0.05, 0) is 31.2 Å². The molecule has 0 saturated heterocycles. The van der Waals surface area contributed by atoms with Gasteiger partial charge in [0.15, 0.2) is 0 Å². The Morgan fingerprint density at radius 1 is 1.36 bits per heavy atom. The highest BCUT2D eigenvalue weighted by Crippen LogP contribution is 2.00. The molecule has 0 fully saturated rings. The molecule has 0 amide bonds. The second kappa shape index (κ2) is 3.44. The van der Waals surface area contributed by atoms with E-state index < -0.39 is 0 Å². The summed E-state index contributed by atoms with van der Waals surface area (Å²) in [7, 11) is 0. The molecular formula is C10H6N. The van der Waals surface area contributed by atoms with Crippen LogP contribution in [-0.4, -0.2) is 0 Å². The summed E-state index contributed by atoms with van der Waals surface area (Å²) in [6, 6.07) is 10.0. The number of benzene rings is 1. The van der Waals surface area contributed by atoms with Crippen LogP contribution in [0.5, 0.6) is 0 Å². The summed E-state index contributed by atoms with van der Waals surface area (Å²) < 4.78 is 0. The van der Waals surface area contributed by atoms with Gasteiger partial charge in [-0.15, -0.1) is 5.92 Å². The van der Waals surface area contributed by atoms with Crippen molar-refractivity contribution in [1.29, 1.82) is 5.26 Å². The summed E-state index contributed by atoms with van der Waals surface area (Å²) in [5, 5.41) is 8.51. The van der Waals surface area contributed by atoms with Crippen molar-refractivity contribution >= 4 is 0 Å². The predicted octanol–water partition coefficient (Wildman–Crippen LogP) is 1.73. The number of nitriles is 1. The summed E-state index contributed by atoms with van der Waals surface area (Å²) in [5.74, 6) is 5.61. The number of nitrogens with zero attached hydrogens (tertiary/aromatic N) is 1. The largest absolute Gasteiger partial charge is 0.192 e. The summed E-state index contributed by atoms with van der Waals surface area (Å²) in [5.41, 5.74) is 1.44. The van der Waals surface area contributed by atoms with Crippen LogP contribution in [0.25, 0.3) is 0 Å². The molecule has 0 aliphatic rings. The lowest BCUT2D eigenvalue weighted by molar-refractivity contribution is 1.47. The Morgan fingerprint density at radius 3 is 2.73 bits per heavy atom. The average molecular weight is 140 g/mol. The topological polar surface area (TPSA) is 23.8 Å². The average Bonchev–Trinajstić information content (AvgIpc) is 2.06. The highest BCUT2D eigenvalue weighted by molar-refractivity contribution is 5.40. The quantitative estimate of drug-likeness (QED) is 0.503. The molecule has 0 heterocycles. The van der Waals surface area contributed by atoms with Crippen molar-refractivity contribution in [2.24, 2.45) is 0 Å². The Balaban J connectivity index is 3.10. The minimum Gasteiger partial charge on any atom is -0.192 e. The Bertz CT molecular complexity index is 347. The summed E-state index contributed by atoms with van der Waals surface area (Å²) in [6.07, 6.45) is 0. The van der Waals surface area contributed by atoms with Crippen molar-refractivity contribution in [1.82, 2.24) is 0 Å². The SMILES string of the molecule is CC#Cc1c[c]cc(C#N)c1. The maximum atomic E-state index is 8.51. The van der Waals surface area contributed by atoms with Crippen LogP contribution in [0.2, 0.25) is 0 Å². The third kappa shape index (κ3) is 1.85. The van der Waals surface area contributed by atoms with E-state index in [0.29, 0.717) is 5.56 Å². The third-order valence-electron chi connectivity index (χ3n) is 1.19. The predicted molar refractivity (Wildman–Crippen MR) is 42.5 cm³/mol. The van der Waals surface area contributed by atoms with E-state index in [0.717, 1.165) is 5.56 Å². The zero-order valence-corrected chi connectivity index (χ0v) is 6.18.